The first kappa shape index (κ1) is 20.1. The minimum atomic E-state index is -0.223. The zero-order valence-electron chi connectivity index (χ0n) is 17.0. The van der Waals surface area contributed by atoms with Crippen LogP contribution in [0.5, 0.6) is 5.75 Å². The number of carbonyl (C=O) groups is 2. The molecule has 1 aromatic carbocycles. The topological polar surface area (TPSA) is 72.6 Å². The SMILES string of the molecule is CC(C)Oc1cccc(C(=O)[C@@H]2CCCN(C(=O)c3cc(C(C)C)no3)C2)c1. The Morgan fingerprint density at radius 2 is 2.00 bits per heavy atom. The van der Waals surface area contributed by atoms with Crippen molar-refractivity contribution in [1.82, 2.24) is 10.1 Å². The van der Waals surface area contributed by atoms with Crippen LogP contribution < -0.4 is 4.74 Å². The molecule has 0 spiro atoms. The summed E-state index contributed by atoms with van der Waals surface area (Å²) in [6.07, 6.45) is 1.60. The number of likely N-dealkylation sites (tertiary alicyclic amines) is 1. The number of piperidine rings is 1. The molecule has 3 rings (SSSR count). The van der Waals surface area contributed by atoms with Gasteiger partial charge in [-0.15, -0.1) is 0 Å². The molecule has 0 radical (unpaired) electrons. The summed E-state index contributed by atoms with van der Waals surface area (Å²) in [5, 5.41) is 3.96. The van der Waals surface area contributed by atoms with Gasteiger partial charge in [0.15, 0.2) is 5.78 Å². The fraction of sp³-hybridized carbons (Fsp3) is 0.500. The van der Waals surface area contributed by atoms with Crippen molar-refractivity contribution in [3.8, 4) is 5.75 Å². The normalized spacial score (nSPS) is 17.2. The summed E-state index contributed by atoms with van der Waals surface area (Å²) in [7, 11) is 0. The van der Waals surface area contributed by atoms with Crippen molar-refractivity contribution in [1.29, 1.82) is 0 Å². The van der Waals surface area contributed by atoms with Gasteiger partial charge >= 0.3 is 0 Å². The number of hydrogen-bond acceptors (Lipinski definition) is 5. The van der Waals surface area contributed by atoms with Crippen molar-refractivity contribution in [2.75, 3.05) is 13.1 Å². The fourth-order valence-corrected chi connectivity index (χ4v) is 3.42. The van der Waals surface area contributed by atoms with E-state index in [1.54, 1.807) is 17.0 Å². The Labute approximate surface area is 165 Å². The number of nitrogens with zero attached hydrogens (tertiary/aromatic N) is 2. The third kappa shape index (κ3) is 4.61. The first-order valence-electron chi connectivity index (χ1n) is 9.92. The molecule has 0 aliphatic carbocycles. The number of benzene rings is 1. The van der Waals surface area contributed by atoms with E-state index in [4.69, 9.17) is 9.26 Å². The van der Waals surface area contributed by atoms with Gasteiger partial charge in [0, 0.05) is 30.6 Å². The maximum atomic E-state index is 13.0. The Kier molecular flexibility index (Phi) is 6.17. The highest BCUT2D eigenvalue weighted by atomic mass is 16.5. The smallest absolute Gasteiger partial charge is 0.292 e. The average molecular weight is 384 g/mol. The third-order valence-corrected chi connectivity index (χ3v) is 4.90. The fourth-order valence-electron chi connectivity index (χ4n) is 3.42. The lowest BCUT2D eigenvalue weighted by molar-refractivity contribution is 0.0602. The third-order valence-electron chi connectivity index (χ3n) is 4.90. The maximum Gasteiger partial charge on any atom is 0.292 e. The molecule has 150 valence electrons. The van der Waals surface area contributed by atoms with E-state index in [1.165, 1.54) is 0 Å². The monoisotopic (exact) mass is 384 g/mol. The van der Waals surface area contributed by atoms with Crippen molar-refractivity contribution in [2.45, 2.75) is 52.6 Å². The molecule has 1 atom stereocenters. The number of rotatable bonds is 6. The van der Waals surface area contributed by atoms with E-state index in [0.717, 1.165) is 18.5 Å². The predicted molar refractivity (Wildman–Crippen MR) is 106 cm³/mol. The van der Waals surface area contributed by atoms with Crippen LogP contribution in [-0.4, -0.2) is 40.9 Å². The van der Waals surface area contributed by atoms with Crippen molar-refractivity contribution in [2.24, 2.45) is 5.92 Å². The molecular formula is C22H28N2O4. The standard InChI is InChI=1S/C22H28N2O4/c1-14(2)19-12-20(28-23-19)22(26)24-10-6-8-17(13-24)21(25)16-7-5-9-18(11-16)27-15(3)4/h5,7,9,11-12,14-15,17H,6,8,10,13H2,1-4H3/t17-/m1/s1. The molecule has 1 aromatic heterocycles. The first-order chi connectivity index (χ1) is 13.3. The van der Waals surface area contributed by atoms with E-state index in [1.807, 2.05) is 45.9 Å². The van der Waals surface area contributed by atoms with Crippen LogP contribution in [0, 0.1) is 5.92 Å². The molecule has 0 bridgehead atoms. The van der Waals surface area contributed by atoms with E-state index in [2.05, 4.69) is 5.16 Å². The van der Waals surface area contributed by atoms with Crippen LogP contribution in [0.3, 0.4) is 0 Å². The molecule has 6 heteroatoms. The van der Waals surface area contributed by atoms with E-state index in [9.17, 15) is 9.59 Å². The summed E-state index contributed by atoms with van der Waals surface area (Å²) in [5.74, 6) is 0.748. The Balaban J connectivity index is 1.70. The highest BCUT2D eigenvalue weighted by Crippen LogP contribution is 2.25. The van der Waals surface area contributed by atoms with Crippen LogP contribution in [-0.2, 0) is 0 Å². The highest BCUT2D eigenvalue weighted by molar-refractivity contribution is 5.99. The van der Waals surface area contributed by atoms with Gasteiger partial charge < -0.3 is 14.2 Å². The van der Waals surface area contributed by atoms with Crippen LogP contribution >= 0.6 is 0 Å². The van der Waals surface area contributed by atoms with Crippen LogP contribution in [0.15, 0.2) is 34.9 Å². The number of Topliss-reactive ketones (excluding diaryl/α,β-unsaturated/α-hetero) is 1. The zero-order valence-corrected chi connectivity index (χ0v) is 17.0. The minimum Gasteiger partial charge on any atom is -0.491 e. The molecule has 0 saturated carbocycles. The molecule has 1 saturated heterocycles. The van der Waals surface area contributed by atoms with Gasteiger partial charge in [-0.2, -0.15) is 0 Å². The number of hydrogen-bond donors (Lipinski definition) is 0. The minimum absolute atomic E-state index is 0.0470. The Morgan fingerprint density at radius 1 is 1.21 bits per heavy atom. The second kappa shape index (κ2) is 8.59. The van der Waals surface area contributed by atoms with Crippen molar-refractivity contribution in [3.63, 3.8) is 0 Å². The summed E-state index contributed by atoms with van der Waals surface area (Å²) < 4.78 is 10.9. The van der Waals surface area contributed by atoms with Crippen molar-refractivity contribution in [3.05, 3.63) is 47.3 Å². The second-order valence-electron chi connectivity index (χ2n) is 7.92. The summed E-state index contributed by atoms with van der Waals surface area (Å²) >= 11 is 0. The number of aromatic nitrogens is 1. The first-order valence-corrected chi connectivity index (χ1v) is 9.92. The van der Waals surface area contributed by atoms with Crippen LogP contribution in [0.4, 0.5) is 0 Å². The molecule has 1 amide bonds. The molecule has 0 unspecified atom stereocenters. The van der Waals surface area contributed by atoms with Crippen LogP contribution in [0.1, 0.15) is 73.1 Å². The van der Waals surface area contributed by atoms with Gasteiger partial charge in [-0.25, -0.2) is 0 Å². The molecule has 28 heavy (non-hydrogen) atoms. The summed E-state index contributed by atoms with van der Waals surface area (Å²) in [4.78, 5) is 27.5. The highest BCUT2D eigenvalue weighted by Gasteiger charge is 2.31. The quantitative estimate of drug-likeness (QED) is 0.694. The molecule has 2 aromatic rings. The lowest BCUT2D eigenvalue weighted by Gasteiger charge is -2.31. The van der Waals surface area contributed by atoms with Crippen LogP contribution in [0.25, 0.3) is 0 Å². The molecular weight excluding hydrogens is 356 g/mol. The zero-order chi connectivity index (χ0) is 20.3. The van der Waals surface area contributed by atoms with Crippen LogP contribution in [0.2, 0.25) is 0 Å². The van der Waals surface area contributed by atoms with E-state index < -0.39 is 0 Å². The number of amides is 1. The summed E-state index contributed by atoms with van der Waals surface area (Å²) in [6, 6.07) is 8.98. The lowest BCUT2D eigenvalue weighted by atomic mass is 9.89. The predicted octanol–water partition coefficient (Wildman–Crippen LogP) is 4.32. The van der Waals surface area contributed by atoms with E-state index in [-0.39, 0.29) is 35.4 Å². The largest absolute Gasteiger partial charge is 0.491 e. The Hall–Kier alpha value is -2.63. The molecule has 6 nitrogen and oxygen atoms in total. The van der Waals surface area contributed by atoms with Crippen molar-refractivity contribution < 1.29 is 18.8 Å². The number of carbonyl (C=O) groups excluding carboxylic acids is 2. The van der Waals surface area contributed by atoms with Gasteiger partial charge in [0.25, 0.3) is 5.91 Å². The number of ether oxygens (including phenoxy) is 1. The number of ketones is 1. The van der Waals surface area contributed by atoms with Gasteiger partial charge in [-0.1, -0.05) is 31.1 Å². The molecule has 0 N–H and O–H groups in total. The van der Waals surface area contributed by atoms with E-state index >= 15 is 0 Å². The Morgan fingerprint density at radius 3 is 2.68 bits per heavy atom. The maximum absolute atomic E-state index is 13.0. The van der Waals surface area contributed by atoms with Gasteiger partial charge in [-0.3, -0.25) is 9.59 Å². The Bertz CT molecular complexity index is 841. The second-order valence-corrected chi connectivity index (χ2v) is 7.92. The molecule has 2 heterocycles. The van der Waals surface area contributed by atoms with Gasteiger partial charge in [0.05, 0.1) is 11.8 Å². The lowest BCUT2D eigenvalue weighted by Crippen LogP contribution is -2.42. The van der Waals surface area contributed by atoms with Gasteiger partial charge in [0.1, 0.15) is 5.75 Å². The van der Waals surface area contributed by atoms with Crippen molar-refractivity contribution >= 4 is 11.7 Å². The molecule has 1 aliphatic rings. The summed E-state index contributed by atoms with van der Waals surface area (Å²) in [5.41, 5.74) is 1.38. The summed E-state index contributed by atoms with van der Waals surface area (Å²) in [6.45, 7) is 8.92. The average Bonchev–Trinajstić information content (AvgIpc) is 3.17. The van der Waals surface area contributed by atoms with Gasteiger partial charge in [0.2, 0.25) is 5.76 Å². The van der Waals surface area contributed by atoms with E-state index in [0.29, 0.717) is 24.4 Å². The van der Waals surface area contributed by atoms with Gasteiger partial charge in [-0.05, 0) is 44.7 Å². The molecule has 1 aliphatic heterocycles. The molecule has 1 fully saturated rings.